The second-order valence-corrected chi connectivity index (χ2v) is 2.47. The normalized spacial score (nSPS) is 10.3. The van der Waals surface area contributed by atoms with E-state index in [1.165, 1.54) is 0 Å². The molecule has 0 saturated carbocycles. The van der Waals surface area contributed by atoms with E-state index in [1.54, 1.807) is 16.9 Å². The van der Waals surface area contributed by atoms with Crippen LogP contribution in [0.2, 0.25) is 0 Å². The summed E-state index contributed by atoms with van der Waals surface area (Å²) in [5, 5.41) is 4.04. The number of unbranched alkanes of at least 4 members (excludes halogenated alkanes) is 1. The zero-order chi connectivity index (χ0) is 8.10. The van der Waals surface area contributed by atoms with Crippen LogP contribution < -0.4 is 11.5 Å². The van der Waals surface area contributed by atoms with Crippen LogP contribution >= 0.6 is 0 Å². The highest BCUT2D eigenvalue weighted by Gasteiger charge is 1.95. The summed E-state index contributed by atoms with van der Waals surface area (Å²) in [6, 6.07) is 1.79. The van der Waals surface area contributed by atoms with Gasteiger partial charge in [0.05, 0.1) is 6.20 Å². The zero-order valence-corrected chi connectivity index (χ0v) is 6.53. The van der Waals surface area contributed by atoms with E-state index >= 15 is 0 Å². The Morgan fingerprint density at radius 3 is 2.82 bits per heavy atom. The van der Waals surface area contributed by atoms with Gasteiger partial charge in [-0.1, -0.05) is 0 Å². The Labute approximate surface area is 66.2 Å². The topological polar surface area (TPSA) is 69.9 Å². The summed E-state index contributed by atoms with van der Waals surface area (Å²) in [5.41, 5.74) is 10.9. The number of aromatic nitrogens is 2. The molecule has 1 rings (SSSR count). The molecular formula is C7H14N4. The van der Waals surface area contributed by atoms with Crippen LogP contribution in [0.4, 0.5) is 5.82 Å². The summed E-state index contributed by atoms with van der Waals surface area (Å²) in [7, 11) is 0. The van der Waals surface area contributed by atoms with Crippen molar-refractivity contribution in [2.45, 2.75) is 19.4 Å². The van der Waals surface area contributed by atoms with Gasteiger partial charge in [0, 0.05) is 6.54 Å². The van der Waals surface area contributed by atoms with Gasteiger partial charge in [0.2, 0.25) is 0 Å². The van der Waals surface area contributed by atoms with E-state index in [0.717, 1.165) is 31.7 Å². The maximum absolute atomic E-state index is 5.59. The van der Waals surface area contributed by atoms with E-state index in [1.807, 2.05) is 0 Å². The van der Waals surface area contributed by atoms with Crippen molar-refractivity contribution < 1.29 is 0 Å². The molecule has 4 heteroatoms. The maximum Gasteiger partial charge on any atom is 0.121 e. The number of nitrogens with two attached hydrogens (primary N) is 2. The van der Waals surface area contributed by atoms with Crippen molar-refractivity contribution in [1.29, 1.82) is 0 Å². The molecule has 1 aromatic rings. The third kappa shape index (κ3) is 2.23. The van der Waals surface area contributed by atoms with Crippen LogP contribution in [-0.4, -0.2) is 16.3 Å². The van der Waals surface area contributed by atoms with Crippen molar-refractivity contribution in [3.63, 3.8) is 0 Å². The number of aryl methyl sites for hydroxylation is 1. The molecule has 0 atom stereocenters. The fourth-order valence-corrected chi connectivity index (χ4v) is 0.936. The molecule has 1 heterocycles. The largest absolute Gasteiger partial charge is 0.384 e. The van der Waals surface area contributed by atoms with E-state index in [9.17, 15) is 0 Å². The average molecular weight is 154 g/mol. The summed E-state index contributed by atoms with van der Waals surface area (Å²) in [6.07, 6.45) is 3.78. The minimum absolute atomic E-state index is 0.724. The SMILES string of the molecule is NCCCCn1nccc1N. The first-order valence-corrected chi connectivity index (χ1v) is 3.82. The van der Waals surface area contributed by atoms with Crippen LogP contribution in [0.3, 0.4) is 0 Å². The van der Waals surface area contributed by atoms with Crippen LogP contribution in [-0.2, 0) is 6.54 Å². The van der Waals surface area contributed by atoms with E-state index in [2.05, 4.69) is 5.10 Å². The first kappa shape index (κ1) is 8.07. The van der Waals surface area contributed by atoms with Gasteiger partial charge in [-0.25, -0.2) is 0 Å². The van der Waals surface area contributed by atoms with Gasteiger partial charge in [-0.05, 0) is 25.5 Å². The summed E-state index contributed by atoms with van der Waals surface area (Å²) in [6.45, 7) is 1.61. The molecule has 0 aliphatic rings. The third-order valence-electron chi connectivity index (χ3n) is 1.57. The van der Waals surface area contributed by atoms with Crippen LogP contribution in [0.5, 0.6) is 0 Å². The number of hydrogen-bond donors (Lipinski definition) is 2. The molecule has 62 valence electrons. The van der Waals surface area contributed by atoms with Crippen LogP contribution in [0.25, 0.3) is 0 Å². The molecule has 0 aliphatic heterocycles. The van der Waals surface area contributed by atoms with E-state index in [-0.39, 0.29) is 0 Å². The van der Waals surface area contributed by atoms with Crippen molar-refractivity contribution in [1.82, 2.24) is 9.78 Å². The fourth-order valence-electron chi connectivity index (χ4n) is 0.936. The van der Waals surface area contributed by atoms with E-state index < -0.39 is 0 Å². The Kier molecular flexibility index (Phi) is 2.92. The molecule has 0 saturated heterocycles. The number of hydrogen-bond acceptors (Lipinski definition) is 3. The van der Waals surface area contributed by atoms with E-state index in [4.69, 9.17) is 11.5 Å². The molecule has 1 aromatic heterocycles. The smallest absolute Gasteiger partial charge is 0.121 e. The highest BCUT2D eigenvalue weighted by molar-refractivity contribution is 5.25. The van der Waals surface area contributed by atoms with Crippen molar-refractivity contribution in [2.75, 3.05) is 12.3 Å². The lowest BCUT2D eigenvalue weighted by atomic mass is 10.3. The third-order valence-corrected chi connectivity index (χ3v) is 1.57. The molecule has 11 heavy (non-hydrogen) atoms. The van der Waals surface area contributed by atoms with Gasteiger partial charge in [-0.3, -0.25) is 4.68 Å². The Bertz CT molecular complexity index is 206. The van der Waals surface area contributed by atoms with Gasteiger partial charge in [-0.15, -0.1) is 0 Å². The Morgan fingerprint density at radius 2 is 2.27 bits per heavy atom. The fraction of sp³-hybridized carbons (Fsp3) is 0.571. The van der Waals surface area contributed by atoms with Gasteiger partial charge < -0.3 is 11.5 Å². The molecular weight excluding hydrogens is 140 g/mol. The molecule has 0 aromatic carbocycles. The van der Waals surface area contributed by atoms with Gasteiger partial charge in [0.25, 0.3) is 0 Å². The quantitative estimate of drug-likeness (QED) is 0.609. The Hall–Kier alpha value is -1.03. The molecule has 0 fully saturated rings. The maximum atomic E-state index is 5.59. The lowest BCUT2D eigenvalue weighted by molar-refractivity contribution is 0.568. The summed E-state index contributed by atoms with van der Waals surface area (Å²) >= 11 is 0. The average Bonchev–Trinajstić information content (AvgIpc) is 2.37. The highest BCUT2D eigenvalue weighted by Crippen LogP contribution is 2.01. The van der Waals surface area contributed by atoms with Crippen molar-refractivity contribution in [3.8, 4) is 0 Å². The standard InChI is InChI=1S/C7H14N4/c8-4-1-2-6-11-7(9)3-5-10-11/h3,5H,1-2,4,6,8-9H2. The Morgan fingerprint density at radius 1 is 1.45 bits per heavy atom. The van der Waals surface area contributed by atoms with Crippen LogP contribution in [0.1, 0.15) is 12.8 Å². The van der Waals surface area contributed by atoms with Gasteiger partial charge in [0.1, 0.15) is 5.82 Å². The van der Waals surface area contributed by atoms with Crippen molar-refractivity contribution >= 4 is 5.82 Å². The van der Waals surface area contributed by atoms with Crippen molar-refractivity contribution in [2.24, 2.45) is 5.73 Å². The van der Waals surface area contributed by atoms with E-state index in [0.29, 0.717) is 0 Å². The van der Waals surface area contributed by atoms with Crippen molar-refractivity contribution in [3.05, 3.63) is 12.3 Å². The predicted octanol–water partition coefficient (Wildman–Crippen LogP) is 0.204. The first-order chi connectivity index (χ1) is 5.34. The predicted molar refractivity (Wildman–Crippen MR) is 44.9 cm³/mol. The second kappa shape index (κ2) is 3.98. The number of nitrogen functional groups attached to an aromatic ring is 1. The monoisotopic (exact) mass is 154 g/mol. The van der Waals surface area contributed by atoms with Gasteiger partial charge in [0.15, 0.2) is 0 Å². The molecule has 0 aliphatic carbocycles. The molecule has 4 nitrogen and oxygen atoms in total. The lowest BCUT2D eigenvalue weighted by Gasteiger charge is -2.01. The second-order valence-electron chi connectivity index (χ2n) is 2.47. The molecule has 0 spiro atoms. The number of anilines is 1. The molecule has 0 unspecified atom stereocenters. The first-order valence-electron chi connectivity index (χ1n) is 3.82. The minimum Gasteiger partial charge on any atom is -0.384 e. The van der Waals surface area contributed by atoms with Gasteiger partial charge in [-0.2, -0.15) is 5.10 Å². The number of nitrogens with zero attached hydrogens (tertiary/aromatic N) is 2. The van der Waals surface area contributed by atoms with Crippen LogP contribution in [0.15, 0.2) is 12.3 Å². The molecule has 0 bridgehead atoms. The summed E-state index contributed by atoms with van der Waals surface area (Å²) in [4.78, 5) is 0. The summed E-state index contributed by atoms with van der Waals surface area (Å²) in [5.74, 6) is 0.724. The minimum atomic E-state index is 0.724. The summed E-state index contributed by atoms with van der Waals surface area (Å²) < 4.78 is 1.79. The Balaban J connectivity index is 2.32. The zero-order valence-electron chi connectivity index (χ0n) is 6.53. The molecule has 0 radical (unpaired) electrons. The molecule has 0 amide bonds. The lowest BCUT2D eigenvalue weighted by Crippen LogP contribution is -2.06. The van der Waals surface area contributed by atoms with Crippen LogP contribution in [0, 0.1) is 0 Å². The highest BCUT2D eigenvalue weighted by atomic mass is 15.3. The number of rotatable bonds is 4. The molecule has 4 N–H and O–H groups in total. The van der Waals surface area contributed by atoms with Gasteiger partial charge >= 0.3 is 0 Å².